The SMILES string of the molecule is CCOc1cc(C=Nc2nc3c(s2)Cc2c(Br)ccc(OC)c2-3)cc(Br)c1O. The van der Waals surface area contributed by atoms with Crippen molar-refractivity contribution in [3.05, 3.63) is 49.2 Å². The molecular weight excluding hydrogens is 508 g/mol. The normalized spacial score (nSPS) is 12.3. The zero-order valence-corrected chi connectivity index (χ0v) is 19.1. The van der Waals surface area contributed by atoms with E-state index in [1.54, 1.807) is 36.8 Å². The fourth-order valence-electron chi connectivity index (χ4n) is 3.14. The minimum Gasteiger partial charge on any atom is -0.503 e. The highest BCUT2D eigenvalue weighted by Crippen LogP contribution is 2.48. The molecule has 0 saturated heterocycles. The number of aliphatic imine (C=N–C) groups is 1. The van der Waals surface area contributed by atoms with Gasteiger partial charge in [-0.25, -0.2) is 9.98 Å². The summed E-state index contributed by atoms with van der Waals surface area (Å²) in [6, 6.07) is 7.50. The average molecular weight is 524 g/mol. The zero-order chi connectivity index (χ0) is 19.8. The maximum absolute atomic E-state index is 10.0. The Bertz CT molecular complexity index is 1100. The summed E-state index contributed by atoms with van der Waals surface area (Å²) in [5.41, 5.74) is 3.99. The van der Waals surface area contributed by atoms with Crippen molar-refractivity contribution in [2.75, 3.05) is 13.7 Å². The van der Waals surface area contributed by atoms with Crippen LogP contribution in [0.5, 0.6) is 17.2 Å². The van der Waals surface area contributed by atoms with E-state index in [-0.39, 0.29) is 5.75 Å². The van der Waals surface area contributed by atoms with Crippen molar-refractivity contribution in [1.82, 2.24) is 4.98 Å². The molecule has 0 bridgehead atoms. The van der Waals surface area contributed by atoms with Crippen molar-refractivity contribution in [1.29, 1.82) is 0 Å². The molecule has 0 saturated carbocycles. The summed E-state index contributed by atoms with van der Waals surface area (Å²) in [5.74, 6) is 1.33. The molecule has 1 aliphatic carbocycles. The first kappa shape index (κ1) is 19.4. The van der Waals surface area contributed by atoms with Gasteiger partial charge >= 0.3 is 0 Å². The second-order valence-corrected chi connectivity index (χ2v) is 8.86. The summed E-state index contributed by atoms with van der Waals surface area (Å²) in [4.78, 5) is 10.4. The smallest absolute Gasteiger partial charge is 0.209 e. The minimum absolute atomic E-state index is 0.0847. The topological polar surface area (TPSA) is 63.9 Å². The van der Waals surface area contributed by atoms with Crippen molar-refractivity contribution in [2.24, 2.45) is 4.99 Å². The number of rotatable bonds is 5. The molecule has 2 aromatic carbocycles. The second-order valence-electron chi connectivity index (χ2n) is 6.09. The lowest BCUT2D eigenvalue weighted by Crippen LogP contribution is -1.94. The third-order valence-corrected chi connectivity index (χ3v) is 6.68. The second kappa shape index (κ2) is 7.85. The number of hydrogen-bond donors (Lipinski definition) is 1. The Labute approximate surface area is 183 Å². The van der Waals surface area contributed by atoms with Gasteiger partial charge in [0, 0.05) is 27.5 Å². The molecule has 0 aliphatic heterocycles. The van der Waals surface area contributed by atoms with Gasteiger partial charge < -0.3 is 14.6 Å². The summed E-state index contributed by atoms with van der Waals surface area (Å²) in [5, 5.41) is 10.7. The van der Waals surface area contributed by atoms with Crippen LogP contribution in [0.2, 0.25) is 0 Å². The Kier molecular flexibility index (Phi) is 5.44. The number of phenolic OH excluding ortho intramolecular Hbond substituents is 1. The fraction of sp³-hybridized carbons (Fsp3) is 0.200. The van der Waals surface area contributed by atoms with Crippen LogP contribution in [0.25, 0.3) is 11.3 Å². The Morgan fingerprint density at radius 1 is 1.25 bits per heavy atom. The van der Waals surface area contributed by atoms with E-state index >= 15 is 0 Å². The number of aromatic hydroxyl groups is 1. The van der Waals surface area contributed by atoms with E-state index in [4.69, 9.17) is 14.5 Å². The average Bonchev–Trinajstić information content (AvgIpc) is 3.23. The summed E-state index contributed by atoms with van der Waals surface area (Å²) in [7, 11) is 1.67. The lowest BCUT2D eigenvalue weighted by Gasteiger charge is -2.08. The van der Waals surface area contributed by atoms with E-state index in [0.717, 1.165) is 33.5 Å². The number of nitrogens with zero attached hydrogens (tertiary/aromatic N) is 2. The van der Waals surface area contributed by atoms with Crippen LogP contribution in [0.1, 0.15) is 22.9 Å². The summed E-state index contributed by atoms with van der Waals surface area (Å²) in [6.45, 7) is 2.34. The molecule has 3 aromatic rings. The number of phenols is 1. The molecule has 1 heterocycles. The van der Waals surface area contributed by atoms with Crippen molar-refractivity contribution in [3.8, 4) is 28.5 Å². The number of methoxy groups -OCH3 is 1. The molecule has 0 radical (unpaired) electrons. The van der Waals surface area contributed by atoms with E-state index in [0.29, 0.717) is 22.0 Å². The molecule has 0 fully saturated rings. The molecule has 0 spiro atoms. The molecule has 0 unspecified atom stereocenters. The lowest BCUT2D eigenvalue weighted by molar-refractivity contribution is 0.317. The van der Waals surface area contributed by atoms with E-state index in [1.165, 1.54) is 10.4 Å². The van der Waals surface area contributed by atoms with Gasteiger partial charge in [-0.05, 0) is 58.2 Å². The molecule has 1 N–H and O–H groups in total. The van der Waals surface area contributed by atoms with E-state index in [9.17, 15) is 5.11 Å². The summed E-state index contributed by atoms with van der Waals surface area (Å²) < 4.78 is 12.6. The van der Waals surface area contributed by atoms with Crippen LogP contribution < -0.4 is 9.47 Å². The third kappa shape index (κ3) is 3.44. The number of hydrogen-bond acceptors (Lipinski definition) is 6. The Balaban J connectivity index is 1.67. The fourth-order valence-corrected chi connectivity index (χ4v) is 4.99. The van der Waals surface area contributed by atoms with Gasteiger partial charge in [0.05, 0.1) is 23.9 Å². The number of fused-ring (bicyclic) bond motifs is 3. The number of ether oxygens (including phenoxy) is 2. The molecule has 0 amide bonds. The number of halogens is 2. The van der Waals surface area contributed by atoms with Crippen molar-refractivity contribution >= 4 is 54.5 Å². The predicted octanol–water partition coefficient (Wildman–Crippen LogP) is 6.10. The molecular formula is C20H16Br2N2O3S. The van der Waals surface area contributed by atoms with Gasteiger partial charge in [-0.15, -0.1) is 0 Å². The number of benzene rings is 2. The molecule has 4 rings (SSSR count). The van der Waals surface area contributed by atoms with Crippen molar-refractivity contribution in [2.45, 2.75) is 13.3 Å². The summed E-state index contributed by atoms with van der Waals surface area (Å²) >= 11 is 8.54. The van der Waals surface area contributed by atoms with Crippen molar-refractivity contribution in [3.63, 3.8) is 0 Å². The number of thiazole rings is 1. The van der Waals surface area contributed by atoms with Gasteiger partial charge in [-0.3, -0.25) is 0 Å². The molecule has 5 nitrogen and oxygen atoms in total. The Hall–Kier alpha value is -1.90. The van der Waals surface area contributed by atoms with E-state index < -0.39 is 0 Å². The third-order valence-electron chi connectivity index (χ3n) is 4.37. The van der Waals surface area contributed by atoms with Crippen LogP contribution in [0.4, 0.5) is 5.13 Å². The van der Waals surface area contributed by atoms with Gasteiger partial charge in [-0.1, -0.05) is 27.3 Å². The van der Waals surface area contributed by atoms with Gasteiger partial charge in [0.15, 0.2) is 11.5 Å². The largest absolute Gasteiger partial charge is 0.503 e. The van der Waals surface area contributed by atoms with Gasteiger partial charge in [0.2, 0.25) is 5.13 Å². The quantitative estimate of drug-likeness (QED) is 0.321. The highest BCUT2D eigenvalue weighted by molar-refractivity contribution is 9.10. The molecule has 8 heteroatoms. The highest BCUT2D eigenvalue weighted by Gasteiger charge is 2.28. The molecule has 144 valence electrons. The van der Waals surface area contributed by atoms with Crippen LogP contribution in [0.15, 0.2) is 38.2 Å². The molecule has 1 aromatic heterocycles. The maximum Gasteiger partial charge on any atom is 0.209 e. The first-order valence-electron chi connectivity index (χ1n) is 8.56. The van der Waals surface area contributed by atoms with Crippen LogP contribution in [-0.4, -0.2) is 30.0 Å². The maximum atomic E-state index is 10.0. The Morgan fingerprint density at radius 2 is 2.07 bits per heavy atom. The zero-order valence-electron chi connectivity index (χ0n) is 15.1. The van der Waals surface area contributed by atoms with Gasteiger partial charge in [-0.2, -0.15) is 0 Å². The minimum atomic E-state index is 0.0847. The predicted molar refractivity (Wildman–Crippen MR) is 119 cm³/mol. The van der Waals surface area contributed by atoms with E-state index in [1.807, 2.05) is 19.1 Å². The molecule has 0 atom stereocenters. The first-order chi connectivity index (χ1) is 13.5. The standard InChI is InChI=1S/C20H16Br2N2O3S/c1-3-27-15-7-10(6-13(22)19(15)25)9-23-20-24-18-16(28-20)8-11-12(21)4-5-14(26-2)17(11)18/h4-7,9,25H,3,8H2,1-2H3. The Morgan fingerprint density at radius 3 is 2.82 bits per heavy atom. The summed E-state index contributed by atoms with van der Waals surface area (Å²) in [6.07, 6.45) is 2.54. The van der Waals surface area contributed by atoms with E-state index in [2.05, 4.69) is 36.9 Å². The van der Waals surface area contributed by atoms with Crippen molar-refractivity contribution < 1.29 is 14.6 Å². The van der Waals surface area contributed by atoms with Gasteiger partial charge in [0.1, 0.15) is 5.75 Å². The molecule has 28 heavy (non-hydrogen) atoms. The van der Waals surface area contributed by atoms with Crippen LogP contribution in [0.3, 0.4) is 0 Å². The number of aromatic nitrogens is 1. The highest BCUT2D eigenvalue weighted by atomic mass is 79.9. The van der Waals surface area contributed by atoms with Crippen LogP contribution in [0, 0.1) is 0 Å². The van der Waals surface area contributed by atoms with Crippen LogP contribution in [-0.2, 0) is 6.42 Å². The monoisotopic (exact) mass is 522 g/mol. The molecule has 1 aliphatic rings. The first-order valence-corrected chi connectivity index (χ1v) is 11.0. The van der Waals surface area contributed by atoms with Crippen LogP contribution >= 0.6 is 43.2 Å². The van der Waals surface area contributed by atoms with Gasteiger partial charge in [0.25, 0.3) is 0 Å². The lowest BCUT2D eigenvalue weighted by atomic mass is 10.1.